The average Bonchev–Trinajstić information content (AvgIpc) is 3.07. The van der Waals surface area contributed by atoms with Gasteiger partial charge in [0.2, 0.25) is 5.88 Å². The first-order valence-corrected chi connectivity index (χ1v) is 10.4. The van der Waals surface area contributed by atoms with Gasteiger partial charge in [-0.1, -0.05) is 30.3 Å². The van der Waals surface area contributed by atoms with E-state index < -0.39 is 0 Å². The number of likely N-dealkylation sites (tertiary alicyclic amines) is 1. The second-order valence-electron chi connectivity index (χ2n) is 7.87. The summed E-state index contributed by atoms with van der Waals surface area (Å²) >= 11 is 0. The summed E-state index contributed by atoms with van der Waals surface area (Å²) in [4.78, 5) is 19.0. The summed E-state index contributed by atoms with van der Waals surface area (Å²) in [6.07, 6.45) is 1.87. The number of amides is 1. The molecule has 0 atom stereocenters. The molecule has 1 aliphatic rings. The van der Waals surface area contributed by atoms with E-state index in [0.29, 0.717) is 25.6 Å². The maximum absolute atomic E-state index is 12.6. The van der Waals surface area contributed by atoms with Crippen LogP contribution in [0.5, 0.6) is 5.88 Å². The summed E-state index contributed by atoms with van der Waals surface area (Å²) in [6, 6.07) is 12.2. The van der Waals surface area contributed by atoms with Crippen LogP contribution in [0.1, 0.15) is 29.7 Å². The fourth-order valence-electron chi connectivity index (χ4n) is 3.93. The van der Waals surface area contributed by atoms with Crippen molar-refractivity contribution in [1.82, 2.24) is 19.7 Å². The number of rotatable bonds is 6. The Labute approximate surface area is 176 Å². The van der Waals surface area contributed by atoms with Crippen molar-refractivity contribution in [2.45, 2.75) is 39.4 Å². The Hall–Kier alpha value is -2.93. The largest absolute Gasteiger partial charge is 0.466 e. The lowest BCUT2D eigenvalue weighted by atomic mass is 10.1. The van der Waals surface area contributed by atoms with E-state index in [-0.39, 0.29) is 18.6 Å². The van der Waals surface area contributed by atoms with Gasteiger partial charge < -0.3 is 14.4 Å². The first kappa shape index (κ1) is 20.3. The number of hydrogen-bond acceptors (Lipinski definition) is 5. The molecule has 1 aliphatic heterocycles. The quantitative estimate of drug-likeness (QED) is 0.627. The van der Waals surface area contributed by atoms with Gasteiger partial charge in [-0.3, -0.25) is 4.79 Å². The highest BCUT2D eigenvalue weighted by Crippen LogP contribution is 2.27. The Kier molecular flexibility index (Phi) is 5.99. The molecule has 1 saturated heterocycles. The molecule has 158 valence electrons. The van der Waals surface area contributed by atoms with Gasteiger partial charge in [0.15, 0.2) is 12.3 Å². The van der Waals surface area contributed by atoms with E-state index in [0.717, 1.165) is 35.1 Å². The van der Waals surface area contributed by atoms with Crippen LogP contribution in [0.25, 0.3) is 11.0 Å². The van der Waals surface area contributed by atoms with Gasteiger partial charge >= 0.3 is 0 Å². The van der Waals surface area contributed by atoms with Crippen LogP contribution >= 0.6 is 0 Å². The van der Waals surface area contributed by atoms with E-state index in [4.69, 9.17) is 9.47 Å². The molecule has 1 amide bonds. The van der Waals surface area contributed by atoms with E-state index in [1.807, 2.05) is 50.1 Å². The molecule has 0 aliphatic carbocycles. The van der Waals surface area contributed by atoms with Crippen molar-refractivity contribution in [3.05, 3.63) is 53.2 Å². The third kappa shape index (κ3) is 4.46. The van der Waals surface area contributed by atoms with Crippen LogP contribution in [-0.2, 0) is 23.2 Å². The molecule has 30 heavy (non-hydrogen) atoms. The van der Waals surface area contributed by atoms with Gasteiger partial charge in [0.1, 0.15) is 0 Å². The van der Waals surface area contributed by atoms with Crippen molar-refractivity contribution in [3.63, 3.8) is 0 Å². The van der Waals surface area contributed by atoms with Crippen molar-refractivity contribution in [2.24, 2.45) is 7.05 Å². The molecular weight excluding hydrogens is 380 g/mol. The number of fused-ring (bicyclic) bond motifs is 1. The van der Waals surface area contributed by atoms with Gasteiger partial charge in [-0.15, -0.1) is 5.10 Å². The molecule has 0 bridgehead atoms. The van der Waals surface area contributed by atoms with Gasteiger partial charge in [0.25, 0.3) is 5.91 Å². The lowest BCUT2D eigenvalue weighted by Gasteiger charge is -2.31. The molecule has 3 heterocycles. The Balaban J connectivity index is 1.29. The second-order valence-corrected chi connectivity index (χ2v) is 7.87. The number of pyridine rings is 1. The molecule has 7 nitrogen and oxygen atoms in total. The lowest BCUT2D eigenvalue weighted by molar-refractivity contribution is -0.136. The van der Waals surface area contributed by atoms with Crippen LogP contribution in [0, 0.1) is 13.8 Å². The van der Waals surface area contributed by atoms with E-state index in [1.54, 1.807) is 4.68 Å². The molecule has 7 heteroatoms. The molecule has 0 spiro atoms. The van der Waals surface area contributed by atoms with Crippen molar-refractivity contribution in [2.75, 3.05) is 19.7 Å². The molecule has 1 fully saturated rings. The van der Waals surface area contributed by atoms with Crippen molar-refractivity contribution >= 4 is 16.9 Å². The molecule has 0 saturated carbocycles. The maximum Gasteiger partial charge on any atom is 0.260 e. The number of carbonyl (C=O) groups excluding carboxylic acids is 1. The number of benzene rings is 1. The van der Waals surface area contributed by atoms with E-state index in [9.17, 15) is 4.79 Å². The first-order chi connectivity index (χ1) is 14.5. The standard InChI is InChI=1S/C23H28N4O3/c1-16-13-17(2)24-22-21(16)23(25-26(22)3)30-15-20(28)27-11-9-19(10-12-27)29-14-18-7-5-4-6-8-18/h4-8,13,19H,9-12,14-15H2,1-3H3. The van der Waals surface area contributed by atoms with E-state index in [2.05, 4.69) is 22.2 Å². The highest BCUT2D eigenvalue weighted by molar-refractivity contribution is 5.85. The molecule has 3 aromatic rings. The SMILES string of the molecule is Cc1cc(C)c2c(OCC(=O)N3CCC(OCc4ccccc4)CC3)nn(C)c2n1. The van der Waals surface area contributed by atoms with Crippen LogP contribution in [0.3, 0.4) is 0 Å². The van der Waals surface area contributed by atoms with Gasteiger partial charge in [-0.2, -0.15) is 0 Å². The number of nitrogens with zero attached hydrogens (tertiary/aromatic N) is 4. The van der Waals surface area contributed by atoms with Gasteiger partial charge in [0, 0.05) is 25.8 Å². The highest BCUT2D eigenvalue weighted by atomic mass is 16.5. The van der Waals surface area contributed by atoms with Crippen molar-refractivity contribution in [1.29, 1.82) is 0 Å². The summed E-state index contributed by atoms with van der Waals surface area (Å²) < 4.78 is 13.5. The predicted molar refractivity (Wildman–Crippen MR) is 114 cm³/mol. The maximum atomic E-state index is 12.6. The third-order valence-corrected chi connectivity index (χ3v) is 5.54. The smallest absolute Gasteiger partial charge is 0.260 e. The monoisotopic (exact) mass is 408 g/mol. The fourth-order valence-corrected chi connectivity index (χ4v) is 3.93. The fraction of sp³-hybridized carbons (Fsp3) is 0.435. The molecular formula is C23H28N4O3. The molecule has 0 radical (unpaired) electrons. The summed E-state index contributed by atoms with van der Waals surface area (Å²) in [6.45, 7) is 5.93. The second kappa shape index (κ2) is 8.83. The molecule has 2 aromatic heterocycles. The summed E-state index contributed by atoms with van der Waals surface area (Å²) in [5, 5.41) is 5.28. The van der Waals surface area contributed by atoms with Crippen LogP contribution in [-0.4, -0.2) is 51.4 Å². The lowest BCUT2D eigenvalue weighted by Crippen LogP contribution is -2.43. The van der Waals surface area contributed by atoms with Gasteiger partial charge in [-0.25, -0.2) is 9.67 Å². The van der Waals surface area contributed by atoms with E-state index in [1.165, 1.54) is 5.56 Å². The molecule has 1 aromatic carbocycles. The van der Waals surface area contributed by atoms with Crippen LogP contribution in [0.2, 0.25) is 0 Å². The first-order valence-electron chi connectivity index (χ1n) is 10.4. The minimum absolute atomic E-state index is 0.0189. The number of aromatic nitrogens is 3. The number of piperidine rings is 1. The van der Waals surface area contributed by atoms with Crippen LogP contribution < -0.4 is 4.74 Å². The Bertz CT molecular complexity index is 1020. The third-order valence-electron chi connectivity index (χ3n) is 5.54. The number of ether oxygens (including phenoxy) is 2. The minimum Gasteiger partial charge on any atom is -0.466 e. The number of carbonyl (C=O) groups is 1. The molecule has 4 rings (SSSR count). The van der Waals surface area contributed by atoms with E-state index >= 15 is 0 Å². The Morgan fingerprint density at radius 1 is 1.17 bits per heavy atom. The van der Waals surface area contributed by atoms with Crippen molar-refractivity contribution in [3.8, 4) is 5.88 Å². The van der Waals surface area contributed by atoms with Gasteiger partial charge in [0.05, 0.1) is 18.1 Å². The highest BCUT2D eigenvalue weighted by Gasteiger charge is 2.24. The topological polar surface area (TPSA) is 69.5 Å². The summed E-state index contributed by atoms with van der Waals surface area (Å²) in [5.74, 6) is 0.444. The summed E-state index contributed by atoms with van der Waals surface area (Å²) in [5.41, 5.74) is 3.92. The number of hydrogen-bond donors (Lipinski definition) is 0. The van der Waals surface area contributed by atoms with Crippen LogP contribution in [0.4, 0.5) is 0 Å². The zero-order chi connectivity index (χ0) is 21.1. The predicted octanol–water partition coefficient (Wildman–Crippen LogP) is 3.17. The normalized spacial score (nSPS) is 15.0. The Morgan fingerprint density at radius 3 is 2.63 bits per heavy atom. The van der Waals surface area contributed by atoms with Crippen LogP contribution in [0.15, 0.2) is 36.4 Å². The average molecular weight is 409 g/mol. The number of aryl methyl sites for hydroxylation is 3. The Morgan fingerprint density at radius 2 is 1.90 bits per heavy atom. The molecule has 0 unspecified atom stereocenters. The minimum atomic E-state index is -0.0203. The molecule has 0 N–H and O–H groups in total. The summed E-state index contributed by atoms with van der Waals surface area (Å²) in [7, 11) is 1.84. The zero-order valence-electron chi connectivity index (χ0n) is 17.8. The zero-order valence-corrected chi connectivity index (χ0v) is 17.8. The van der Waals surface area contributed by atoms with Crippen molar-refractivity contribution < 1.29 is 14.3 Å². The van der Waals surface area contributed by atoms with Gasteiger partial charge in [-0.05, 0) is 43.9 Å².